The van der Waals surface area contributed by atoms with Gasteiger partial charge in [-0.2, -0.15) is 9.61 Å². The van der Waals surface area contributed by atoms with Crippen molar-refractivity contribution in [3.63, 3.8) is 0 Å². The normalized spacial score (nSPS) is 11.3. The highest BCUT2D eigenvalue weighted by molar-refractivity contribution is 5.38. The highest BCUT2D eigenvalue weighted by Gasteiger charge is 2.04. The molecule has 0 bridgehead atoms. The Bertz CT molecular complexity index is 534. The molecule has 3 rings (SSSR count). The third kappa shape index (κ3) is 0.529. The summed E-state index contributed by atoms with van der Waals surface area (Å²) in [7, 11) is 0. The van der Waals surface area contributed by atoms with E-state index in [4.69, 9.17) is 0 Å². The zero-order chi connectivity index (χ0) is 7.97. The average molecular weight is 161 g/mol. The largest absolute Gasteiger partial charge is 0.274 e. The summed E-state index contributed by atoms with van der Waals surface area (Å²) < 4.78 is 3.25. The van der Waals surface area contributed by atoms with Crippen molar-refractivity contribution in [2.45, 2.75) is 0 Å². The molecule has 3 heterocycles. The summed E-state index contributed by atoms with van der Waals surface area (Å²) in [5.74, 6) is 1.15. The summed E-state index contributed by atoms with van der Waals surface area (Å²) in [4.78, 5) is 0. The van der Waals surface area contributed by atoms with Gasteiger partial charge < -0.3 is 0 Å². The Kier molecular flexibility index (Phi) is 0.817. The summed E-state index contributed by atoms with van der Waals surface area (Å²) in [5.41, 5.74) is 0. The standard InChI is InChI=1S/C5H3N7/c1-2-11-4(8-6-1)10-12-3-7-9-5(11)12/h1-3H. The van der Waals surface area contributed by atoms with Crippen LogP contribution in [0.15, 0.2) is 18.7 Å². The molecular formula is C5H3N7. The van der Waals surface area contributed by atoms with Crippen LogP contribution in [0.4, 0.5) is 0 Å². The number of rotatable bonds is 0. The van der Waals surface area contributed by atoms with Crippen LogP contribution in [0.2, 0.25) is 0 Å². The van der Waals surface area contributed by atoms with Crippen LogP contribution < -0.4 is 0 Å². The fourth-order valence-electron chi connectivity index (χ4n) is 1.07. The Morgan fingerprint density at radius 2 is 2.17 bits per heavy atom. The first-order valence-electron chi connectivity index (χ1n) is 3.31. The van der Waals surface area contributed by atoms with Crippen molar-refractivity contribution in [2.75, 3.05) is 0 Å². The Hall–Kier alpha value is -2.05. The number of fused-ring (bicyclic) bond motifs is 3. The van der Waals surface area contributed by atoms with Gasteiger partial charge in [-0.15, -0.1) is 20.4 Å². The lowest BCUT2D eigenvalue weighted by molar-refractivity contribution is 0.925. The SMILES string of the molecule is c1cn2c(nn1)nn1cnnc12. The van der Waals surface area contributed by atoms with E-state index >= 15 is 0 Å². The van der Waals surface area contributed by atoms with E-state index in [1.165, 1.54) is 6.33 Å². The van der Waals surface area contributed by atoms with Crippen LogP contribution in [0.1, 0.15) is 0 Å². The average Bonchev–Trinajstić information content (AvgIpc) is 2.62. The van der Waals surface area contributed by atoms with Crippen LogP contribution in [0.5, 0.6) is 0 Å². The van der Waals surface area contributed by atoms with E-state index in [0.29, 0.717) is 11.6 Å². The lowest BCUT2D eigenvalue weighted by Crippen LogP contribution is -1.90. The summed E-state index contributed by atoms with van der Waals surface area (Å²) >= 11 is 0. The highest BCUT2D eigenvalue weighted by Crippen LogP contribution is 1.99. The summed E-state index contributed by atoms with van der Waals surface area (Å²) in [6, 6.07) is 0. The molecule has 0 unspecified atom stereocenters. The Balaban J connectivity index is 2.68. The van der Waals surface area contributed by atoms with Crippen LogP contribution >= 0.6 is 0 Å². The maximum atomic E-state index is 4.06. The van der Waals surface area contributed by atoms with Crippen LogP contribution in [0, 0.1) is 0 Å². The first-order valence-corrected chi connectivity index (χ1v) is 3.31. The van der Waals surface area contributed by atoms with Gasteiger partial charge in [0.25, 0.3) is 11.6 Å². The lowest BCUT2D eigenvalue weighted by atomic mass is 10.8. The Morgan fingerprint density at radius 3 is 3.17 bits per heavy atom. The Morgan fingerprint density at radius 1 is 1.17 bits per heavy atom. The molecule has 7 heteroatoms. The molecule has 0 fully saturated rings. The molecule has 0 aliphatic carbocycles. The molecular weight excluding hydrogens is 158 g/mol. The van der Waals surface area contributed by atoms with Gasteiger partial charge in [0.2, 0.25) is 0 Å². The summed E-state index contributed by atoms with van der Waals surface area (Å²) in [6.07, 6.45) is 4.83. The van der Waals surface area contributed by atoms with Gasteiger partial charge in [0.1, 0.15) is 6.33 Å². The van der Waals surface area contributed by atoms with Gasteiger partial charge >= 0.3 is 0 Å². The number of hydrogen-bond donors (Lipinski definition) is 0. The van der Waals surface area contributed by atoms with Crippen molar-refractivity contribution >= 4 is 11.6 Å². The molecule has 0 saturated heterocycles. The van der Waals surface area contributed by atoms with Crippen molar-refractivity contribution < 1.29 is 0 Å². The molecule has 0 aromatic carbocycles. The first-order chi connectivity index (χ1) is 5.95. The van der Waals surface area contributed by atoms with Crippen LogP contribution in [-0.2, 0) is 0 Å². The predicted molar refractivity (Wildman–Crippen MR) is 37.3 cm³/mol. The lowest BCUT2D eigenvalue weighted by Gasteiger charge is -1.84. The Labute approximate surface area is 65.7 Å². The fourth-order valence-corrected chi connectivity index (χ4v) is 1.07. The van der Waals surface area contributed by atoms with E-state index in [1.807, 2.05) is 0 Å². The van der Waals surface area contributed by atoms with Crippen molar-refractivity contribution in [3.05, 3.63) is 18.7 Å². The molecule has 0 N–H and O–H groups in total. The number of hydrogen-bond acceptors (Lipinski definition) is 5. The molecule has 0 atom stereocenters. The zero-order valence-electron chi connectivity index (χ0n) is 5.86. The fraction of sp³-hybridized carbons (Fsp3) is 0. The molecule has 0 aliphatic heterocycles. The third-order valence-corrected chi connectivity index (χ3v) is 1.57. The van der Waals surface area contributed by atoms with Crippen molar-refractivity contribution in [3.8, 4) is 0 Å². The van der Waals surface area contributed by atoms with Gasteiger partial charge in [0, 0.05) is 6.20 Å². The van der Waals surface area contributed by atoms with Crippen LogP contribution in [-0.4, -0.2) is 34.4 Å². The van der Waals surface area contributed by atoms with Gasteiger partial charge in [-0.3, -0.25) is 0 Å². The minimum absolute atomic E-state index is 0.516. The second-order valence-electron chi connectivity index (χ2n) is 2.26. The summed E-state index contributed by atoms with van der Waals surface area (Å²) in [5, 5.41) is 19.1. The molecule has 3 aromatic rings. The van der Waals surface area contributed by atoms with E-state index in [2.05, 4.69) is 25.5 Å². The van der Waals surface area contributed by atoms with E-state index in [-0.39, 0.29) is 0 Å². The van der Waals surface area contributed by atoms with Crippen molar-refractivity contribution in [1.82, 2.24) is 34.4 Å². The smallest absolute Gasteiger partial charge is 0.248 e. The topological polar surface area (TPSA) is 73.3 Å². The van der Waals surface area contributed by atoms with E-state index in [1.54, 1.807) is 21.3 Å². The number of nitrogens with zero attached hydrogens (tertiary/aromatic N) is 7. The maximum Gasteiger partial charge on any atom is 0.274 e. The number of aromatic nitrogens is 7. The maximum absolute atomic E-state index is 4.06. The second kappa shape index (κ2) is 1.76. The van der Waals surface area contributed by atoms with Gasteiger partial charge in [-0.25, -0.2) is 4.40 Å². The predicted octanol–water partition coefficient (Wildman–Crippen LogP) is -0.833. The molecule has 0 radical (unpaired) electrons. The minimum atomic E-state index is 0.516. The molecule has 12 heavy (non-hydrogen) atoms. The first kappa shape index (κ1) is 5.58. The minimum Gasteiger partial charge on any atom is -0.248 e. The van der Waals surface area contributed by atoms with Crippen molar-refractivity contribution in [2.24, 2.45) is 0 Å². The van der Waals surface area contributed by atoms with Gasteiger partial charge in [0.05, 0.1) is 6.20 Å². The van der Waals surface area contributed by atoms with Gasteiger partial charge in [-0.05, 0) is 0 Å². The van der Waals surface area contributed by atoms with E-state index < -0.39 is 0 Å². The van der Waals surface area contributed by atoms with Gasteiger partial charge in [-0.1, -0.05) is 0 Å². The molecule has 7 nitrogen and oxygen atoms in total. The van der Waals surface area contributed by atoms with Crippen LogP contribution in [0.25, 0.3) is 11.6 Å². The molecule has 0 aliphatic rings. The summed E-state index contributed by atoms with van der Waals surface area (Å²) in [6.45, 7) is 0. The third-order valence-electron chi connectivity index (χ3n) is 1.57. The van der Waals surface area contributed by atoms with E-state index in [9.17, 15) is 0 Å². The monoisotopic (exact) mass is 161 g/mol. The quantitative estimate of drug-likeness (QED) is 0.430. The molecule has 0 spiro atoms. The molecule has 3 aromatic heterocycles. The molecule has 0 amide bonds. The van der Waals surface area contributed by atoms with Gasteiger partial charge in [0.15, 0.2) is 0 Å². The van der Waals surface area contributed by atoms with Crippen LogP contribution in [0.3, 0.4) is 0 Å². The highest BCUT2D eigenvalue weighted by atomic mass is 15.5. The zero-order valence-corrected chi connectivity index (χ0v) is 5.86. The molecule has 58 valence electrons. The van der Waals surface area contributed by atoms with E-state index in [0.717, 1.165) is 0 Å². The van der Waals surface area contributed by atoms with Crippen molar-refractivity contribution in [1.29, 1.82) is 0 Å². The molecule has 0 saturated carbocycles. The second-order valence-corrected chi connectivity index (χ2v) is 2.26.